The van der Waals surface area contributed by atoms with Gasteiger partial charge in [-0.3, -0.25) is 0 Å². The van der Waals surface area contributed by atoms with E-state index in [1.54, 1.807) is 0 Å². The molecule has 0 spiro atoms. The highest BCUT2D eigenvalue weighted by atomic mass is 28.3. The summed E-state index contributed by atoms with van der Waals surface area (Å²) in [7, 11) is -1.36. The Morgan fingerprint density at radius 2 is 1.59 bits per heavy atom. The van der Waals surface area contributed by atoms with Crippen LogP contribution in [-0.2, 0) is 15.3 Å². The van der Waals surface area contributed by atoms with Gasteiger partial charge in [0.05, 0.1) is 0 Å². The van der Waals surface area contributed by atoms with Crippen molar-refractivity contribution in [3.05, 3.63) is 35.9 Å². The van der Waals surface area contributed by atoms with E-state index in [0.717, 1.165) is 19.3 Å². The van der Waals surface area contributed by atoms with E-state index >= 15 is 0 Å². The first-order chi connectivity index (χ1) is 8.36. The van der Waals surface area contributed by atoms with Crippen LogP contribution in [0.5, 0.6) is 0 Å². The topological polar surface area (TPSA) is 18.5 Å². The lowest BCUT2D eigenvalue weighted by molar-refractivity contribution is 0.212. The second-order valence-corrected chi connectivity index (χ2v) is 6.17. The van der Waals surface area contributed by atoms with E-state index < -0.39 is 9.28 Å². The summed E-state index contributed by atoms with van der Waals surface area (Å²) in [6.07, 6.45) is 3.61. The van der Waals surface area contributed by atoms with Gasteiger partial charge in [0.1, 0.15) is 0 Å². The van der Waals surface area contributed by atoms with Gasteiger partial charge in [0.25, 0.3) is 0 Å². The van der Waals surface area contributed by atoms with Crippen LogP contribution in [0.15, 0.2) is 30.3 Å². The molecule has 17 heavy (non-hydrogen) atoms. The number of hydrogen-bond donors (Lipinski definition) is 0. The molecule has 2 nitrogen and oxygen atoms in total. The van der Waals surface area contributed by atoms with Crippen LogP contribution in [0.25, 0.3) is 0 Å². The summed E-state index contributed by atoms with van der Waals surface area (Å²) in [5, 5.41) is 0. The molecule has 0 amide bonds. The Balaban J connectivity index is 2.13. The van der Waals surface area contributed by atoms with Gasteiger partial charge in [0.2, 0.25) is 0 Å². The van der Waals surface area contributed by atoms with Gasteiger partial charge >= 0.3 is 9.28 Å². The molecular weight excluding hydrogens is 228 g/mol. The molecule has 0 radical (unpaired) electrons. The van der Waals surface area contributed by atoms with Crippen LogP contribution in [-0.4, -0.2) is 22.5 Å². The lowest BCUT2D eigenvalue weighted by Crippen LogP contribution is -2.22. The molecule has 1 aromatic carbocycles. The first-order valence-corrected chi connectivity index (χ1v) is 8.39. The number of aryl methyl sites for hydroxylation is 1. The highest BCUT2D eigenvalue weighted by Gasteiger charge is 2.10. The predicted octanol–water partition coefficient (Wildman–Crippen LogP) is 3.30. The molecule has 1 rings (SSSR count). The molecule has 0 saturated heterocycles. The van der Waals surface area contributed by atoms with Crippen LogP contribution < -0.4 is 0 Å². The van der Waals surface area contributed by atoms with E-state index in [-0.39, 0.29) is 0 Å². The minimum Gasteiger partial charge on any atom is -0.397 e. The maximum absolute atomic E-state index is 5.65. The third-order valence-electron chi connectivity index (χ3n) is 2.70. The van der Waals surface area contributed by atoms with Crippen molar-refractivity contribution in [1.29, 1.82) is 0 Å². The smallest absolute Gasteiger partial charge is 0.321 e. The highest BCUT2D eigenvalue weighted by molar-refractivity contribution is 6.44. The standard InChI is InChI=1S/C14H24O2Si/c1-3-15-17(16-4-2)13-9-8-12-14-10-6-5-7-11-14/h5-7,10-11,17H,3-4,8-9,12-13H2,1-2H3. The van der Waals surface area contributed by atoms with E-state index in [0.29, 0.717) is 0 Å². The summed E-state index contributed by atoms with van der Waals surface area (Å²) >= 11 is 0. The van der Waals surface area contributed by atoms with Crippen LogP contribution in [0.3, 0.4) is 0 Å². The summed E-state index contributed by atoms with van der Waals surface area (Å²) in [6.45, 7) is 5.66. The molecule has 1 aromatic rings. The molecule has 3 heteroatoms. The van der Waals surface area contributed by atoms with Gasteiger partial charge in [-0.1, -0.05) is 36.8 Å². The van der Waals surface area contributed by atoms with E-state index in [1.165, 1.54) is 24.8 Å². The van der Waals surface area contributed by atoms with Gasteiger partial charge in [-0.2, -0.15) is 0 Å². The number of benzene rings is 1. The lowest BCUT2D eigenvalue weighted by atomic mass is 10.1. The minimum atomic E-state index is -1.36. The van der Waals surface area contributed by atoms with E-state index in [4.69, 9.17) is 8.85 Å². The molecule has 0 heterocycles. The van der Waals surface area contributed by atoms with E-state index in [2.05, 4.69) is 30.3 Å². The van der Waals surface area contributed by atoms with Gasteiger partial charge in [-0.25, -0.2) is 0 Å². The monoisotopic (exact) mass is 252 g/mol. The maximum atomic E-state index is 5.65. The van der Waals surface area contributed by atoms with Gasteiger partial charge in [-0.15, -0.1) is 0 Å². The van der Waals surface area contributed by atoms with Gasteiger partial charge in [0, 0.05) is 13.2 Å². The van der Waals surface area contributed by atoms with Gasteiger partial charge < -0.3 is 8.85 Å². The Hall–Kier alpha value is -0.643. The predicted molar refractivity (Wildman–Crippen MR) is 74.6 cm³/mol. The zero-order chi connectivity index (χ0) is 12.3. The van der Waals surface area contributed by atoms with Crippen molar-refractivity contribution >= 4 is 9.28 Å². The quantitative estimate of drug-likeness (QED) is 0.496. The van der Waals surface area contributed by atoms with Crippen LogP contribution >= 0.6 is 0 Å². The number of hydrogen-bond acceptors (Lipinski definition) is 2. The van der Waals surface area contributed by atoms with Gasteiger partial charge in [0.15, 0.2) is 0 Å². The number of unbranched alkanes of at least 4 members (excludes halogenated alkanes) is 1. The van der Waals surface area contributed by atoms with E-state index in [1.807, 2.05) is 13.8 Å². The number of rotatable bonds is 9. The molecule has 0 bridgehead atoms. The second kappa shape index (κ2) is 9.39. The average molecular weight is 252 g/mol. The van der Waals surface area contributed by atoms with Crippen molar-refractivity contribution in [2.75, 3.05) is 13.2 Å². The molecule has 96 valence electrons. The highest BCUT2D eigenvalue weighted by Crippen LogP contribution is 2.09. The van der Waals surface area contributed by atoms with Crippen LogP contribution in [0.4, 0.5) is 0 Å². The molecule has 0 aliphatic heterocycles. The molecule has 0 saturated carbocycles. The van der Waals surface area contributed by atoms with Crippen molar-refractivity contribution in [3.63, 3.8) is 0 Å². The Morgan fingerprint density at radius 1 is 0.941 bits per heavy atom. The Morgan fingerprint density at radius 3 is 2.18 bits per heavy atom. The summed E-state index contributed by atoms with van der Waals surface area (Å²) in [6, 6.07) is 11.8. The first-order valence-electron chi connectivity index (χ1n) is 6.64. The minimum absolute atomic E-state index is 0.787. The Kier molecular flexibility index (Phi) is 7.97. The van der Waals surface area contributed by atoms with Crippen molar-refractivity contribution in [1.82, 2.24) is 0 Å². The molecule has 0 N–H and O–H groups in total. The Bertz CT molecular complexity index is 271. The molecule has 0 aliphatic rings. The average Bonchev–Trinajstić information content (AvgIpc) is 2.36. The normalized spacial score (nSPS) is 11.0. The zero-order valence-electron chi connectivity index (χ0n) is 11.0. The summed E-state index contributed by atoms with van der Waals surface area (Å²) in [5.41, 5.74) is 1.43. The first kappa shape index (κ1) is 14.4. The summed E-state index contributed by atoms with van der Waals surface area (Å²) in [5.74, 6) is 0. The fraction of sp³-hybridized carbons (Fsp3) is 0.571. The third-order valence-corrected chi connectivity index (χ3v) is 4.99. The fourth-order valence-electron chi connectivity index (χ4n) is 1.87. The van der Waals surface area contributed by atoms with Crippen molar-refractivity contribution in [3.8, 4) is 0 Å². The summed E-state index contributed by atoms with van der Waals surface area (Å²) < 4.78 is 11.3. The molecular formula is C14H24O2Si. The maximum Gasteiger partial charge on any atom is 0.321 e. The third kappa shape index (κ3) is 6.61. The van der Waals surface area contributed by atoms with Crippen LogP contribution in [0, 0.1) is 0 Å². The molecule has 0 aromatic heterocycles. The zero-order valence-corrected chi connectivity index (χ0v) is 12.2. The van der Waals surface area contributed by atoms with Crippen LogP contribution in [0.1, 0.15) is 32.3 Å². The fourth-order valence-corrected chi connectivity index (χ4v) is 3.67. The SMILES string of the molecule is CCO[SiH](CCCCc1ccccc1)OCC. The second-order valence-electron chi connectivity index (χ2n) is 4.07. The van der Waals surface area contributed by atoms with E-state index in [9.17, 15) is 0 Å². The molecule has 0 unspecified atom stereocenters. The van der Waals surface area contributed by atoms with Gasteiger partial charge in [-0.05, 0) is 38.3 Å². The molecule has 0 fully saturated rings. The van der Waals surface area contributed by atoms with Crippen molar-refractivity contribution < 1.29 is 8.85 Å². The molecule has 0 atom stereocenters. The van der Waals surface area contributed by atoms with Crippen molar-refractivity contribution in [2.45, 2.75) is 39.2 Å². The summed E-state index contributed by atoms with van der Waals surface area (Å²) in [4.78, 5) is 0. The lowest BCUT2D eigenvalue weighted by Gasteiger charge is -2.14. The molecule has 0 aliphatic carbocycles. The van der Waals surface area contributed by atoms with Crippen molar-refractivity contribution in [2.24, 2.45) is 0 Å². The largest absolute Gasteiger partial charge is 0.397 e. The Labute approximate surface area is 107 Å². The van der Waals surface area contributed by atoms with Crippen LogP contribution in [0.2, 0.25) is 6.04 Å².